The molecule has 0 fully saturated rings. The third-order valence-corrected chi connectivity index (χ3v) is 0.260. The maximum Gasteiger partial charge on any atom is 0.211 e. The molecule has 0 atom stereocenters. The molecular weight excluding hydrogens is 76.9 g/mol. The van der Waals surface area contributed by atoms with Gasteiger partial charge in [-0.2, -0.15) is 0 Å². The third kappa shape index (κ3) is 3.27. The van der Waals surface area contributed by atoms with Crippen molar-refractivity contribution in [1.82, 2.24) is 5.32 Å². The summed E-state index contributed by atoms with van der Waals surface area (Å²) in [5, 5.41) is 2.21. The monoisotopic (exact) mass is 81.0 g/mol. The molecule has 2 radical (unpaired) electrons. The van der Waals surface area contributed by atoms with Crippen LogP contribution in [0.1, 0.15) is 0 Å². The number of carbonyl (C=O) groups excluding carboxylic acids is 1. The van der Waals surface area contributed by atoms with Crippen LogP contribution in [0.2, 0.25) is 0 Å². The molecule has 0 bridgehead atoms. The van der Waals surface area contributed by atoms with Crippen molar-refractivity contribution < 1.29 is 4.79 Å². The van der Waals surface area contributed by atoms with Gasteiger partial charge in [-0.05, 0) is 6.20 Å². The van der Waals surface area contributed by atoms with Crippen LogP contribution in [0.25, 0.3) is 0 Å². The summed E-state index contributed by atoms with van der Waals surface area (Å²) in [7, 11) is 4.81. The fraction of sp³-hybridized carbons (Fsp3) is 0. The van der Waals surface area contributed by atoms with E-state index in [0.717, 1.165) is 0 Å². The minimum atomic E-state index is 0.545. The Morgan fingerprint density at radius 1 is 1.67 bits per heavy atom. The average Bonchev–Trinajstić information content (AvgIpc) is 1.61. The van der Waals surface area contributed by atoms with E-state index in [0.29, 0.717) is 6.41 Å². The predicted octanol–water partition coefficient (Wildman–Crippen LogP) is -0.628. The Morgan fingerprint density at radius 3 is 2.50 bits per heavy atom. The highest BCUT2D eigenvalue weighted by molar-refractivity contribution is 6.16. The van der Waals surface area contributed by atoms with E-state index in [1.165, 1.54) is 12.2 Å². The predicted molar refractivity (Wildman–Crippen MR) is 24.1 cm³/mol. The maximum atomic E-state index is 9.35. The van der Waals surface area contributed by atoms with Gasteiger partial charge in [-0.1, -0.05) is 0 Å². The van der Waals surface area contributed by atoms with Crippen molar-refractivity contribution in [3.8, 4) is 0 Å². The standard InChI is InChI=1S/C3H4BNO/c4-1-2-5-3-6/h1-3H,(H,5,6)/b2-1-. The Balaban J connectivity index is 2.85. The summed E-state index contributed by atoms with van der Waals surface area (Å²) in [4.78, 5) is 9.35. The summed E-state index contributed by atoms with van der Waals surface area (Å²) in [6.07, 6.45) is 1.89. The van der Waals surface area contributed by atoms with Crippen LogP contribution < -0.4 is 5.32 Å². The van der Waals surface area contributed by atoms with E-state index in [1.807, 2.05) is 0 Å². The molecule has 0 aromatic heterocycles. The molecule has 0 aliphatic rings. The van der Waals surface area contributed by atoms with Crippen molar-refractivity contribution in [1.29, 1.82) is 0 Å². The van der Waals surface area contributed by atoms with E-state index in [-0.39, 0.29) is 0 Å². The Labute approximate surface area is 37.6 Å². The van der Waals surface area contributed by atoms with Crippen molar-refractivity contribution in [3.05, 3.63) is 12.2 Å². The molecule has 3 heteroatoms. The van der Waals surface area contributed by atoms with Gasteiger partial charge in [0.05, 0.1) is 0 Å². The van der Waals surface area contributed by atoms with Gasteiger partial charge >= 0.3 is 0 Å². The van der Waals surface area contributed by atoms with E-state index >= 15 is 0 Å². The minimum Gasteiger partial charge on any atom is -0.336 e. The van der Waals surface area contributed by atoms with Gasteiger partial charge in [-0.15, -0.1) is 5.98 Å². The van der Waals surface area contributed by atoms with E-state index in [1.54, 1.807) is 0 Å². The third-order valence-electron chi connectivity index (χ3n) is 0.260. The molecule has 0 unspecified atom stereocenters. The first-order chi connectivity index (χ1) is 2.91. The van der Waals surface area contributed by atoms with Crippen LogP contribution in [0.15, 0.2) is 12.2 Å². The second kappa shape index (κ2) is 4.27. The highest BCUT2D eigenvalue weighted by atomic mass is 16.1. The van der Waals surface area contributed by atoms with Crippen LogP contribution in [-0.2, 0) is 4.79 Å². The minimum absolute atomic E-state index is 0.545. The average molecular weight is 80.9 g/mol. The van der Waals surface area contributed by atoms with Crippen molar-refractivity contribution in [2.45, 2.75) is 0 Å². The van der Waals surface area contributed by atoms with E-state index < -0.39 is 0 Å². The first-order valence-corrected chi connectivity index (χ1v) is 1.48. The summed E-state index contributed by atoms with van der Waals surface area (Å²) >= 11 is 0. The SMILES string of the molecule is [B]/C=C\NC=O. The normalized spacial score (nSPS) is 8.67. The number of amides is 1. The van der Waals surface area contributed by atoms with Gasteiger partial charge in [-0.25, -0.2) is 0 Å². The van der Waals surface area contributed by atoms with Crippen LogP contribution in [0.5, 0.6) is 0 Å². The molecule has 0 heterocycles. The smallest absolute Gasteiger partial charge is 0.211 e. The topological polar surface area (TPSA) is 29.1 Å². The molecule has 1 amide bonds. The Hall–Kier alpha value is -0.725. The van der Waals surface area contributed by atoms with Gasteiger partial charge in [-0.3, -0.25) is 4.79 Å². The van der Waals surface area contributed by atoms with Crippen LogP contribution in [0, 0.1) is 0 Å². The molecule has 30 valence electrons. The van der Waals surface area contributed by atoms with Crippen LogP contribution in [0.4, 0.5) is 0 Å². The molecule has 0 aliphatic heterocycles. The summed E-state index contributed by atoms with van der Waals surface area (Å²) in [6, 6.07) is 0. The lowest BCUT2D eigenvalue weighted by Crippen LogP contribution is -1.97. The number of hydrogen-bond donors (Lipinski definition) is 1. The van der Waals surface area contributed by atoms with E-state index in [2.05, 4.69) is 5.32 Å². The second-order valence-corrected chi connectivity index (χ2v) is 0.644. The zero-order valence-corrected chi connectivity index (χ0v) is 3.22. The molecule has 0 aromatic rings. The Bertz CT molecular complexity index is 61.8. The fourth-order valence-corrected chi connectivity index (χ4v) is 0.0948. The zero-order valence-electron chi connectivity index (χ0n) is 3.22. The molecule has 6 heavy (non-hydrogen) atoms. The molecule has 0 saturated heterocycles. The van der Waals surface area contributed by atoms with Crippen molar-refractivity contribution in [2.24, 2.45) is 0 Å². The molecule has 0 aliphatic carbocycles. The molecular formula is C3H4BNO. The largest absolute Gasteiger partial charge is 0.336 e. The summed E-state index contributed by atoms with van der Waals surface area (Å²) in [5.74, 6) is 1.24. The molecule has 0 rings (SSSR count). The number of carbonyl (C=O) groups is 1. The molecule has 1 N–H and O–H groups in total. The lowest BCUT2D eigenvalue weighted by Gasteiger charge is -1.74. The molecule has 0 spiro atoms. The van der Waals surface area contributed by atoms with E-state index in [4.69, 9.17) is 7.85 Å². The molecule has 0 saturated carbocycles. The van der Waals surface area contributed by atoms with Crippen LogP contribution in [0.3, 0.4) is 0 Å². The highest BCUT2D eigenvalue weighted by Crippen LogP contribution is 1.47. The van der Waals surface area contributed by atoms with Gasteiger partial charge in [0.1, 0.15) is 7.85 Å². The lowest BCUT2D eigenvalue weighted by atomic mass is 10.2. The fourth-order valence-electron chi connectivity index (χ4n) is 0.0948. The van der Waals surface area contributed by atoms with E-state index in [9.17, 15) is 4.79 Å². The van der Waals surface area contributed by atoms with Crippen LogP contribution >= 0.6 is 0 Å². The molecule has 0 aromatic carbocycles. The molecule has 2 nitrogen and oxygen atoms in total. The maximum absolute atomic E-state index is 9.35. The lowest BCUT2D eigenvalue weighted by molar-refractivity contribution is -0.108. The quantitative estimate of drug-likeness (QED) is 0.348. The first-order valence-electron chi connectivity index (χ1n) is 1.48. The Morgan fingerprint density at radius 2 is 2.33 bits per heavy atom. The Kier molecular flexibility index (Phi) is 3.76. The van der Waals surface area contributed by atoms with Gasteiger partial charge in [0.15, 0.2) is 0 Å². The summed E-state index contributed by atoms with van der Waals surface area (Å²) in [5.41, 5.74) is 0. The van der Waals surface area contributed by atoms with Gasteiger partial charge in [0, 0.05) is 0 Å². The van der Waals surface area contributed by atoms with Gasteiger partial charge in [0.25, 0.3) is 0 Å². The van der Waals surface area contributed by atoms with Crippen molar-refractivity contribution >= 4 is 14.3 Å². The summed E-state index contributed by atoms with van der Waals surface area (Å²) < 4.78 is 0. The van der Waals surface area contributed by atoms with Gasteiger partial charge < -0.3 is 5.32 Å². The van der Waals surface area contributed by atoms with Crippen molar-refractivity contribution in [2.75, 3.05) is 0 Å². The first kappa shape index (κ1) is 5.27. The summed E-state index contributed by atoms with van der Waals surface area (Å²) in [6.45, 7) is 0. The number of nitrogens with one attached hydrogen (secondary N) is 1. The van der Waals surface area contributed by atoms with Gasteiger partial charge in [0.2, 0.25) is 6.41 Å². The highest BCUT2D eigenvalue weighted by Gasteiger charge is 1.55. The van der Waals surface area contributed by atoms with Crippen LogP contribution in [-0.4, -0.2) is 14.3 Å². The second-order valence-electron chi connectivity index (χ2n) is 0.644. The number of rotatable bonds is 2. The number of hydrogen-bond acceptors (Lipinski definition) is 1. The zero-order chi connectivity index (χ0) is 4.83. The van der Waals surface area contributed by atoms with Crippen molar-refractivity contribution in [3.63, 3.8) is 0 Å².